The molecule has 0 atom stereocenters. The van der Waals surface area contributed by atoms with Gasteiger partial charge in [0.2, 0.25) is 10.0 Å². The maximum absolute atomic E-state index is 12.0. The molecule has 0 fully saturated rings. The van der Waals surface area contributed by atoms with Gasteiger partial charge in [-0.3, -0.25) is 4.79 Å². The molecule has 0 aromatic heterocycles. The zero-order chi connectivity index (χ0) is 19.2. The molecule has 0 saturated carbocycles. The smallest absolute Gasteiger partial charge is 0.262 e. The Bertz CT molecular complexity index is 851. The van der Waals surface area contributed by atoms with E-state index in [0.29, 0.717) is 34.4 Å². The van der Waals surface area contributed by atoms with Crippen LogP contribution in [0, 0.1) is 0 Å². The van der Waals surface area contributed by atoms with Crippen molar-refractivity contribution in [3.05, 3.63) is 52.5 Å². The maximum Gasteiger partial charge on any atom is 0.262 e. The average molecular weight is 417 g/mol. The van der Waals surface area contributed by atoms with E-state index < -0.39 is 15.9 Å². The Morgan fingerprint density at radius 2 is 1.69 bits per heavy atom. The quantitative estimate of drug-likeness (QED) is 0.686. The topological polar surface area (TPSA) is 84.5 Å². The lowest BCUT2D eigenvalue weighted by molar-refractivity contribution is -0.118. The summed E-state index contributed by atoms with van der Waals surface area (Å²) in [5, 5.41) is 3.42. The molecule has 26 heavy (non-hydrogen) atoms. The minimum absolute atomic E-state index is 0.135. The van der Waals surface area contributed by atoms with Crippen molar-refractivity contribution in [3.63, 3.8) is 0 Å². The van der Waals surface area contributed by atoms with Gasteiger partial charge in [-0.1, -0.05) is 30.1 Å². The van der Waals surface area contributed by atoms with Gasteiger partial charge in [-0.15, -0.1) is 0 Å². The molecule has 1 amide bonds. The molecule has 2 aromatic carbocycles. The fourth-order valence-electron chi connectivity index (χ4n) is 2.01. The predicted octanol–water partition coefficient (Wildman–Crippen LogP) is 3.70. The molecule has 0 aliphatic rings. The van der Waals surface area contributed by atoms with Gasteiger partial charge in [0.1, 0.15) is 5.75 Å². The van der Waals surface area contributed by atoms with Gasteiger partial charge in [0.25, 0.3) is 5.91 Å². The standard InChI is InChI=1S/C17H18Cl2N2O4S/c1-2-7-20-26(23,24)16-5-3-15(4-6-16)25-11-17(22)21-14-9-12(18)8-13(19)10-14/h3-6,8-10,20H,2,7,11H2,1H3,(H,21,22). The number of amides is 1. The van der Waals surface area contributed by atoms with E-state index in [-0.39, 0.29) is 11.5 Å². The number of hydrogen-bond donors (Lipinski definition) is 2. The highest BCUT2D eigenvalue weighted by Crippen LogP contribution is 2.22. The number of halogens is 2. The van der Waals surface area contributed by atoms with E-state index in [2.05, 4.69) is 10.0 Å². The van der Waals surface area contributed by atoms with Gasteiger partial charge in [-0.25, -0.2) is 13.1 Å². The Kier molecular flexibility index (Phi) is 7.28. The van der Waals surface area contributed by atoms with E-state index >= 15 is 0 Å². The SMILES string of the molecule is CCCNS(=O)(=O)c1ccc(OCC(=O)Nc2cc(Cl)cc(Cl)c2)cc1. The van der Waals surface area contributed by atoms with Crippen LogP contribution in [0.1, 0.15) is 13.3 Å². The van der Waals surface area contributed by atoms with Crippen LogP contribution < -0.4 is 14.8 Å². The van der Waals surface area contributed by atoms with Crippen LogP contribution in [0.25, 0.3) is 0 Å². The first kappa shape index (κ1) is 20.5. The third kappa shape index (κ3) is 6.17. The summed E-state index contributed by atoms with van der Waals surface area (Å²) in [4.78, 5) is 12.1. The van der Waals surface area contributed by atoms with Gasteiger partial charge in [0.15, 0.2) is 6.61 Å². The van der Waals surface area contributed by atoms with Crippen molar-refractivity contribution in [2.75, 3.05) is 18.5 Å². The molecule has 0 unspecified atom stereocenters. The normalized spacial score (nSPS) is 11.2. The fourth-order valence-corrected chi connectivity index (χ4v) is 3.67. The highest BCUT2D eigenvalue weighted by Gasteiger charge is 2.13. The van der Waals surface area contributed by atoms with Crippen molar-refractivity contribution in [2.45, 2.75) is 18.2 Å². The van der Waals surface area contributed by atoms with Crippen LogP contribution in [0.4, 0.5) is 5.69 Å². The largest absolute Gasteiger partial charge is 0.484 e. The van der Waals surface area contributed by atoms with Crippen molar-refractivity contribution >= 4 is 44.8 Å². The first-order valence-electron chi connectivity index (χ1n) is 7.78. The Morgan fingerprint density at radius 1 is 1.08 bits per heavy atom. The van der Waals surface area contributed by atoms with E-state index in [1.54, 1.807) is 18.2 Å². The van der Waals surface area contributed by atoms with Crippen molar-refractivity contribution in [1.82, 2.24) is 4.72 Å². The molecule has 2 aromatic rings. The van der Waals surface area contributed by atoms with Gasteiger partial charge < -0.3 is 10.1 Å². The lowest BCUT2D eigenvalue weighted by atomic mass is 10.3. The highest BCUT2D eigenvalue weighted by molar-refractivity contribution is 7.89. The number of benzene rings is 2. The van der Waals surface area contributed by atoms with Crippen LogP contribution in [0.3, 0.4) is 0 Å². The van der Waals surface area contributed by atoms with Crippen molar-refractivity contribution in [1.29, 1.82) is 0 Å². The number of ether oxygens (including phenoxy) is 1. The molecule has 0 heterocycles. The van der Waals surface area contributed by atoms with Gasteiger partial charge >= 0.3 is 0 Å². The zero-order valence-electron chi connectivity index (χ0n) is 14.0. The maximum atomic E-state index is 12.0. The first-order valence-corrected chi connectivity index (χ1v) is 10.0. The average Bonchev–Trinajstić information content (AvgIpc) is 2.57. The summed E-state index contributed by atoms with van der Waals surface area (Å²) in [6.45, 7) is 2.00. The van der Waals surface area contributed by atoms with E-state index in [0.717, 1.165) is 0 Å². The molecule has 6 nitrogen and oxygen atoms in total. The summed E-state index contributed by atoms with van der Waals surface area (Å²) in [7, 11) is -3.53. The van der Waals surface area contributed by atoms with Gasteiger partial charge in [0.05, 0.1) is 4.90 Å². The molecule has 2 rings (SSSR count). The molecule has 9 heteroatoms. The Hall–Kier alpha value is -1.80. The Labute approximate surface area is 162 Å². The van der Waals surface area contributed by atoms with Gasteiger partial charge in [-0.05, 0) is 48.9 Å². The lowest BCUT2D eigenvalue weighted by Gasteiger charge is -2.09. The molecule has 0 bridgehead atoms. The number of carbonyl (C=O) groups excluding carboxylic acids is 1. The number of nitrogens with one attached hydrogen (secondary N) is 2. The van der Waals surface area contributed by atoms with Crippen molar-refractivity contribution < 1.29 is 17.9 Å². The summed E-state index contributed by atoms with van der Waals surface area (Å²) < 4.78 is 31.8. The number of hydrogen-bond acceptors (Lipinski definition) is 4. The summed E-state index contributed by atoms with van der Waals surface area (Å²) in [5.74, 6) is -0.0247. The second-order valence-corrected chi connectivity index (χ2v) is 8.00. The molecular formula is C17H18Cl2N2O4S. The minimum Gasteiger partial charge on any atom is -0.484 e. The number of anilines is 1. The molecule has 2 N–H and O–H groups in total. The van der Waals surface area contributed by atoms with Crippen LogP contribution in [-0.2, 0) is 14.8 Å². The van der Waals surface area contributed by atoms with Crippen molar-refractivity contribution in [2.24, 2.45) is 0 Å². The third-order valence-electron chi connectivity index (χ3n) is 3.19. The Balaban J connectivity index is 1.92. The molecular weight excluding hydrogens is 399 g/mol. The number of carbonyl (C=O) groups is 1. The number of sulfonamides is 1. The van der Waals surface area contributed by atoms with Crippen LogP contribution >= 0.6 is 23.2 Å². The highest BCUT2D eigenvalue weighted by atomic mass is 35.5. The van der Waals surface area contributed by atoms with E-state index in [1.165, 1.54) is 24.3 Å². The fraction of sp³-hybridized carbons (Fsp3) is 0.235. The molecule has 0 radical (unpaired) electrons. The second kappa shape index (κ2) is 9.23. The summed E-state index contributed by atoms with van der Waals surface area (Å²) >= 11 is 11.7. The molecule has 0 spiro atoms. The van der Waals surface area contributed by atoms with Crippen LogP contribution in [-0.4, -0.2) is 27.5 Å². The summed E-state index contributed by atoms with van der Waals surface area (Å²) in [6.07, 6.45) is 0.702. The molecule has 0 aliphatic carbocycles. The first-order chi connectivity index (χ1) is 12.3. The van der Waals surface area contributed by atoms with Crippen molar-refractivity contribution in [3.8, 4) is 5.75 Å². The van der Waals surface area contributed by atoms with Crippen LogP contribution in [0.15, 0.2) is 47.4 Å². The van der Waals surface area contributed by atoms with Gasteiger partial charge in [-0.2, -0.15) is 0 Å². The monoisotopic (exact) mass is 416 g/mol. The van der Waals surface area contributed by atoms with Gasteiger partial charge in [0, 0.05) is 22.3 Å². The van der Waals surface area contributed by atoms with Crippen LogP contribution in [0.5, 0.6) is 5.75 Å². The zero-order valence-corrected chi connectivity index (χ0v) is 16.3. The van der Waals surface area contributed by atoms with E-state index in [4.69, 9.17) is 27.9 Å². The second-order valence-electron chi connectivity index (χ2n) is 5.36. The number of rotatable bonds is 8. The Morgan fingerprint density at radius 3 is 2.27 bits per heavy atom. The van der Waals surface area contributed by atoms with E-state index in [1.807, 2.05) is 6.92 Å². The minimum atomic E-state index is -3.53. The lowest BCUT2D eigenvalue weighted by Crippen LogP contribution is -2.24. The van der Waals surface area contributed by atoms with Crippen LogP contribution in [0.2, 0.25) is 10.0 Å². The third-order valence-corrected chi connectivity index (χ3v) is 5.11. The molecule has 140 valence electrons. The molecule has 0 aliphatic heterocycles. The predicted molar refractivity (Wildman–Crippen MR) is 103 cm³/mol. The summed E-state index contributed by atoms with van der Waals surface area (Å²) in [5.41, 5.74) is 0.458. The van der Waals surface area contributed by atoms with E-state index in [9.17, 15) is 13.2 Å². The molecule has 0 saturated heterocycles. The summed E-state index contributed by atoms with van der Waals surface area (Å²) in [6, 6.07) is 10.5.